The summed E-state index contributed by atoms with van der Waals surface area (Å²) in [6.45, 7) is 0. The van der Waals surface area contributed by atoms with Crippen LogP contribution in [-0.2, 0) is 10.1 Å². The van der Waals surface area contributed by atoms with Crippen molar-refractivity contribution in [2.75, 3.05) is 0 Å². The first-order chi connectivity index (χ1) is 7.64. The number of halogens is 1. The van der Waals surface area contributed by atoms with Gasteiger partial charge in [-0.1, -0.05) is 11.6 Å². The molecule has 0 saturated carbocycles. The summed E-state index contributed by atoms with van der Waals surface area (Å²) in [6, 6.07) is 0.978. The Morgan fingerprint density at radius 3 is 2.29 bits per heavy atom. The van der Waals surface area contributed by atoms with E-state index in [2.05, 4.69) is 0 Å². The van der Waals surface area contributed by atoms with E-state index in [0.717, 1.165) is 0 Å². The van der Waals surface area contributed by atoms with Crippen molar-refractivity contribution in [2.24, 2.45) is 0 Å². The SMILES string of the molecule is O=C(O)c1cc(S(=O)(=O)O)c(Cl)cc1[N+](=O)[O-]. The van der Waals surface area contributed by atoms with Crippen molar-refractivity contribution >= 4 is 33.4 Å². The highest BCUT2D eigenvalue weighted by Crippen LogP contribution is 2.29. The molecule has 0 atom stereocenters. The molecule has 0 aliphatic carbocycles. The van der Waals surface area contributed by atoms with Crippen molar-refractivity contribution in [2.45, 2.75) is 4.90 Å². The molecule has 0 spiro atoms. The van der Waals surface area contributed by atoms with Crippen LogP contribution in [0.25, 0.3) is 0 Å². The summed E-state index contributed by atoms with van der Waals surface area (Å²) in [4.78, 5) is 19.3. The number of hydrogen-bond donors (Lipinski definition) is 2. The molecule has 2 N–H and O–H groups in total. The van der Waals surface area contributed by atoms with Gasteiger partial charge >= 0.3 is 5.97 Å². The number of rotatable bonds is 3. The summed E-state index contributed by atoms with van der Waals surface area (Å²) >= 11 is 5.40. The van der Waals surface area contributed by atoms with E-state index >= 15 is 0 Å². The third-order valence-corrected chi connectivity index (χ3v) is 3.07. The minimum atomic E-state index is -4.75. The Kier molecular flexibility index (Phi) is 3.36. The Bertz CT molecular complexity index is 609. The molecule has 1 rings (SSSR count). The first kappa shape index (κ1) is 13.4. The maximum atomic E-state index is 10.8. The molecule has 0 bridgehead atoms. The molecular weight excluding hydrogens is 278 g/mol. The van der Waals surface area contributed by atoms with Gasteiger partial charge in [0.05, 0.1) is 9.95 Å². The fraction of sp³-hybridized carbons (Fsp3) is 0. The molecule has 1 aromatic rings. The van der Waals surface area contributed by atoms with Crippen molar-refractivity contribution in [3.05, 3.63) is 32.8 Å². The van der Waals surface area contributed by atoms with Gasteiger partial charge in [-0.15, -0.1) is 0 Å². The van der Waals surface area contributed by atoms with Crippen LogP contribution in [-0.4, -0.2) is 29.0 Å². The van der Waals surface area contributed by atoms with E-state index in [1.165, 1.54) is 0 Å². The maximum absolute atomic E-state index is 10.8. The van der Waals surface area contributed by atoms with E-state index in [4.69, 9.17) is 21.3 Å². The number of benzene rings is 1. The van der Waals surface area contributed by atoms with Gasteiger partial charge in [0.2, 0.25) is 0 Å². The van der Waals surface area contributed by atoms with Gasteiger partial charge in [0.25, 0.3) is 15.8 Å². The monoisotopic (exact) mass is 281 g/mol. The van der Waals surface area contributed by atoms with E-state index in [1.54, 1.807) is 0 Å². The second-order valence-corrected chi connectivity index (χ2v) is 4.63. The molecule has 17 heavy (non-hydrogen) atoms. The molecule has 0 aromatic heterocycles. The summed E-state index contributed by atoms with van der Waals surface area (Å²) in [5, 5.41) is 18.5. The Hall–Kier alpha value is -1.71. The Labute approximate surface area is 99.3 Å². The zero-order valence-corrected chi connectivity index (χ0v) is 9.40. The van der Waals surface area contributed by atoms with E-state index in [9.17, 15) is 23.3 Å². The van der Waals surface area contributed by atoms with Crippen LogP contribution in [0.1, 0.15) is 10.4 Å². The summed E-state index contributed by atoms with van der Waals surface area (Å²) in [5.41, 5.74) is -1.75. The molecule has 0 fully saturated rings. The molecule has 8 nitrogen and oxygen atoms in total. The van der Waals surface area contributed by atoms with Crippen LogP contribution in [0.4, 0.5) is 5.69 Å². The lowest BCUT2D eigenvalue weighted by Crippen LogP contribution is -2.07. The number of nitrogens with zero attached hydrogens (tertiary/aromatic N) is 1. The van der Waals surface area contributed by atoms with E-state index < -0.39 is 42.2 Å². The number of aromatic carboxylic acids is 1. The second-order valence-electron chi connectivity index (χ2n) is 2.84. The molecule has 0 saturated heterocycles. The molecule has 0 aliphatic heterocycles. The van der Waals surface area contributed by atoms with Crippen LogP contribution < -0.4 is 0 Å². The quantitative estimate of drug-likeness (QED) is 0.482. The molecule has 0 radical (unpaired) electrons. The van der Waals surface area contributed by atoms with Gasteiger partial charge in [-0.05, 0) is 6.07 Å². The van der Waals surface area contributed by atoms with Crippen molar-refractivity contribution in [3.63, 3.8) is 0 Å². The third kappa shape index (κ3) is 2.70. The van der Waals surface area contributed by atoms with Crippen LogP contribution in [0.5, 0.6) is 0 Å². The zero-order chi connectivity index (χ0) is 13.4. The molecule has 92 valence electrons. The van der Waals surface area contributed by atoms with Crippen molar-refractivity contribution in [3.8, 4) is 0 Å². The lowest BCUT2D eigenvalue weighted by molar-refractivity contribution is -0.385. The molecule has 10 heteroatoms. The van der Waals surface area contributed by atoms with Gasteiger partial charge in [-0.2, -0.15) is 8.42 Å². The summed E-state index contributed by atoms with van der Waals surface area (Å²) in [6.07, 6.45) is 0. The smallest absolute Gasteiger partial charge is 0.342 e. The third-order valence-electron chi connectivity index (χ3n) is 1.76. The van der Waals surface area contributed by atoms with Crippen LogP contribution in [0.3, 0.4) is 0 Å². The summed E-state index contributed by atoms with van der Waals surface area (Å²) < 4.78 is 30.4. The highest BCUT2D eigenvalue weighted by molar-refractivity contribution is 7.86. The number of nitro groups is 1. The fourth-order valence-corrected chi connectivity index (χ4v) is 2.09. The van der Waals surface area contributed by atoms with Gasteiger partial charge in [-0.25, -0.2) is 4.79 Å². The average Bonchev–Trinajstić information content (AvgIpc) is 2.14. The number of nitro benzene ring substituents is 1. The average molecular weight is 282 g/mol. The van der Waals surface area contributed by atoms with Crippen LogP contribution in [0.15, 0.2) is 17.0 Å². The first-order valence-electron chi connectivity index (χ1n) is 3.83. The predicted molar refractivity (Wildman–Crippen MR) is 54.9 cm³/mol. The van der Waals surface area contributed by atoms with Crippen molar-refractivity contribution in [1.82, 2.24) is 0 Å². The number of carboxylic acids is 1. The summed E-state index contributed by atoms with van der Waals surface area (Å²) in [5.74, 6) is -1.71. The Morgan fingerprint density at radius 1 is 1.41 bits per heavy atom. The summed E-state index contributed by atoms with van der Waals surface area (Å²) in [7, 11) is -4.75. The Morgan fingerprint density at radius 2 is 1.94 bits per heavy atom. The normalized spacial score (nSPS) is 11.2. The molecule has 0 heterocycles. The first-order valence-corrected chi connectivity index (χ1v) is 5.65. The zero-order valence-electron chi connectivity index (χ0n) is 7.82. The minimum absolute atomic E-state index is 0.429. The number of carboxylic acid groups (broad SMARTS) is 1. The van der Waals surface area contributed by atoms with Gasteiger partial charge in [-0.3, -0.25) is 14.7 Å². The molecule has 0 unspecified atom stereocenters. The molecule has 1 aromatic carbocycles. The topological polar surface area (TPSA) is 135 Å². The van der Waals surface area contributed by atoms with E-state index in [0.29, 0.717) is 12.1 Å². The van der Waals surface area contributed by atoms with Crippen molar-refractivity contribution in [1.29, 1.82) is 0 Å². The lowest BCUT2D eigenvalue weighted by Gasteiger charge is -2.03. The highest BCUT2D eigenvalue weighted by Gasteiger charge is 2.26. The van der Waals surface area contributed by atoms with Crippen LogP contribution in [0, 0.1) is 10.1 Å². The molecule has 0 amide bonds. The van der Waals surface area contributed by atoms with E-state index in [1.807, 2.05) is 0 Å². The van der Waals surface area contributed by atoms with Crippen molar-refractivity contribution < 1.29 is 27.8 Å². The minimum Gasteiger partial charge on any atom is -0.477 e. The highest BCUT2D eigenvalue weighted by atomic mass is 35.5. The molecular formula is C7H4ClNO7S. The number of hydrogen-bond acceptors (Lipinski definition) is 5. The Balaban J connectivity index is 3.69. The van der Waals surface area contributed by atoms with Gasteiger partial charge in [0.1, 0.15) is 10.5 Å². The second kappa shape index (κ2) is 4.28. The van der Waals surface area contributed by atoms with Crippen LogP contribution in [0.2, 0.25) is 5.02 Å². The largest absolute Gasteiger partial charge is 0.477 e. The predicted octanol–water partition coefficient (Wildman–Crippen LogP) is 1.19. The molecule has 0 aliphatic rings. The van der Waals surface area contributed by atoms with Gasteiger partial charge in [0.15, 0.2) is 0 Å². The van der Waals surface area contributed by atoms with Gasteiger partial charge < -0.3 is 5.11 Å². The lowest BCUT2D eigenvalue weighted by atomic mass is 10.2. The standard InChI is InChI=1S/C7H4ClNO7S/c8-4-2-5(9(12)13)3(7(10)11)1-6(4)17(14,15)16/h1-2H,(H,10,11)(H,14,15,16). The van der Waals surface area contributed by atoms with E-state index in [-0.39, 0.29) is 0 Å². The number of carbonyl (C=O) groups is 1. The maximum Gasteiger partial charge on any atom is 0.342 e. The fourth-order valence-electron chi connectivity index (χ4n) is 1.06. The van der Waals surface area contributed by atoms with Gasteiger partial charge in [0, 0.05) is 6.07 Å². The van der Waals surface area contributed by atoms with Crippen LogP contribution >= 0.6 is 11.6 Å².